The molecule has 1 amide bonds. The van der Waals surface area contributed by atoms with Gasteiger partial charge in [-0.15, -0.1) is 0 Å². The summed E-state index contributed by atoms with van der Waals surface area (Å²) in [5.74, 6) is 1.59. The van der Waals surface area contributed by atoms with Crippen LogP contribution in [0.4, 0.5) is 0 Å². The molecular weight excluding hydrogens is 332 g/mol. The Bertz CT molecular complexity index is 685. The molecule has 1 aromatic carbocycles. The lowest BCUT2D eigenvalue weighted by molar-refractivity contribution is -0.133. The number of rotatable bonds is 5. The predicted molar refractivity (Wildman–Crippen MR) is 111 cm³/mol. The third-order valence-corrected chi connectivity index (χ3v) is 6.75. The number of allylic oxidation sites excluding steroid dienone is 1. The van der Waals surface area contributed by atoms with Crippen LogP contribution in [0.25, 0.3) is 5.57 Å². The Hall–Kier alpha value is -1.61. The molecule has 4 rings (SSSR count). The first kappa shape index (κ1) is 18.7. The van der Waals surface area contributed by atoms with E-state index in [-0.39, 0.29) is 5.92 Å². The van der Waals surface area contributed by atoms with E-state index in [1.807, 2.05) is 13.8 Å². The molecule has 0 spiro atoms. The number of benzene rings is 1. The van der Waals surface area contributed by atoms with E-state index in [1.54, 1.807) is 0 Å². The van der Waals surface area contributed by atoms with Gasteiger partial charge in [0.05, 0.1) is 0 Å². The molecule has 3 nitrogen and oxygen atoms in total. The summed E-state index contributed by atoms with van der Waals surface area (Å²) in [7, 11) is 0. The topological polar surface area (TPSA) is 23.6 Å². The molecule has 27 heavy (non-hydrogen) atoms. The lowest BCUT2D eigenvalue weighted by Gasteiger charge is -2.26. The minimum atomic E-state index is 0.104. The molecule has 2 heterocycles. The van der Waals surface area contributed by atoms with E-state index in [0.29, 0.717) is 17.7 Å². The Morgan fingerprint density at radius 2 is 1.85 bits per heavy atom. The molecule has 1 unspecified atom stereocenters. The first-order valence-corrected chi connectivity index (χ1v) is 10.9. The summed E-state index contributed by atoms with van der Waals surface area (Å²) in [6, 6.07) is 9.28. The molecule has 2 aliphatic heterocycles. The number of likely N-dealkylation sites (tertiary alicyclic amines) is 2. The first-order chi connectivity index (χ1) is 13.1. The standard InChI is InChI=1S/C24H34N2O/c1-18(2)24(27)26-16-21-6-5-7-22(23(21)17-26)20-10-8-19(9-11-20)12-15-25-13-3-4-14-25/h7-11,18,21,23H,3-6,12-17H2,1-2H3/t21-,23?/m1/s1. The minimum absolute atomic E-state index is 0.104. The van der Waals surface area contributed by atoms with E-state index in [0.717, 1.165) is 25.9 Å². The average molecular weight is 367 g/mol. The summed E-state index contributed by atoms with van der Waals surface area (Å²) >= 11 is 0. The number of fused-ring (bicyclic) bond motifs is 1. The average Bonchev–Trinajstić information content (AvgIpc) is 3.35. The van der Waals surface area contributed by atoms with Crippen LogP contribution in [0.3, 0.4) is 0 Å². The van der Waals surface area contributed by atoms with E-state index in [2.05, 4.69) is 40.1 Å². The second-order valence-corrected chi connectivity index (χ2v) is 9.00. The molecule has 2 fully saturated rings. The van der Waals surface area contributed by atoms with Crippen LogP contribution in [0, 0.1) is 17.8 Å². The Kier molecular flexibility index (Phi) is 5.68. The van der Waals surface area contributed by atoms with Gasteiger partial charge in [0, 0.05) is 31.5 Å². The van der Waals surface area contributed by atoms with Gasteiger partial charge >= 0.3 is 0 Å². The van der Waals surface area contributed by atoms with Crippen molar-refractivity contribution in [3.05, 3.63) is 41.5 Å². The Morgan fingerprint density at radius 1 is 1.11 bits per heavy atom. The number of carbonyl (C=O) groups excluding carboxylic acids is 1. The molecule has 1 aliphatic carbocycles. The van der Waals surface area contributed by atoms with Gasteiger partial charge in [-0.25, -0.2) is 0 Å². The maximum atomic E-state index is 12.5. The lowest BCUT2D eigenvalue weighted by atomic mass is 9.78. The van der Waals surface area contributed by atoms with Crippen LogP contribution >= 0.6 is 0 Å². The summed E-state index contributed by atoms with van der Waals surface area (Å²) in [5, 5.41) is 0. The molecule has 146 valence electrons. The fourth-order valence-electron chi connectivity index (χ4n) is 5.15. The van der Waals surface area contributed by atoms with Crippen LogP contribution in [0.5, 0.6) is 0 Å². The van der Waals surface area contributed by atoms with Crippen molar-refractivity contribution in [1.82, 2.24) is 9.80 Å². The second kappa shape index (κ2) is 8.18. The minimum Gasteiger partial charge on any atom is -0.342 e. The van der Waals surface area contributed by atoms with Crippen molar-refractivity contribution in [2.45, 2.75) is 46.0 Å². The molecule has 2 saturated heterocycles. The fraction of sp³-hybridized carbons (Fsp3) is 0.625. The van der Waals surface area contributed by atoms with Gasteiger partial charge < -0.3 is 9.80 Å². The maximum absolute atomic E-state index is 12.5. The van der Waals surface area contributed by atoms with Crippen molar-refractivity contribution in [2.75, 3.05) is 32.7 Å². The van der Waals surface area contributed by atoms with E-state index < -0.39 is 0 Å². The van der Waals surface area contributed by atoms with Gasteiger partial charge in [-0.05, 0) is 67.8 Å². The monoisotopic (exact) mass is 366 g/mol. The molecule has 1 aromatic rings. The highest BCUT2D eigenvalue weighted by atomic mass is 16.2. The van der Waals surface area contributed by atoms with Crippen molar-refractivity contribution in [3.63, 3.8) is 0 Å². The SMILES string of the molecule is CC(C)C(=O)N1CC2C(c3ccc(CCN4CCCC4)cc3)=CCC[C@@H]2C1. The van der Waals surface area contributed by atoms with Gasteiger partial charge in [0.15, 0.2) is 0 Å². The molecule has 0 aromatic heterocycles. The van der Waals surface area contributed by atoms with Gasteiger partial charge in [-0.2, -0.15) is 0 Å². The molecule has 3 aliphatic rings. The van der Waals surface area contributed by atoms with Crippen molar-refractivity contribution in [1.29, 1.82) is 0 Å². The number of hydrogen-bond acceptors (Lipinski definition) is 2. The quantitative estimate of drug-likeness (QED) is 0.778. The zero-order chi connectivity index (χ0) is 18.8. The number of amides is 1. The van der Waals surface area contributed by atoms with Crippen molar-refractivity contribution in [3.8, 4) is 0 Å². The molecular formula is C24H34N2O. The molecule has 3 heteroatoms. The first-order valence-electron chi connectivity index (χ1n) is 10.9. The highest BCUT2D eigenvalue weighted by molar-refractivity contribution is 5.79. The zero-order valence-electron chi connectivity index (χ0n) is 17.0. The number of hydrogen-bond donors (Lipinski definition) is 0. The number of carbonyl (C=O) groups is 1. The fourth-order valence-corrected chi connectivity index (χ4v) is 5.15. The predicted octanol–water partition coefficient (Wildman–Crippen LogP) is 4.23. The maximum Gasteiger partial charge on any atom is 0.225 e. The van der Waals surface area contributed by atoms with E-state index >= 15 is 0 Å². The Morgan fingerprint density at radius 3 is 2.56 bits per heavy atom. The summed E-state index contributed by atoms with van der Waals surface area (Å²) in [5.41, 5.74) is 4.30. The van der Waals surface area contributed by atoms with Crippen molar-refractivity contribution in [2.24, 2.45) is 17.8 Å². The van der Waals surface area contributed by atoms with Crippen LogP contribution < -0.4 is 0 Å². The van der Waals surface area contributed by atoms with Gasteiger partial charge in [0.1, 0.15) is 0 Å². The summed E-state index contributed by atoms with van der Waals surface area (Å²) in [6.07, 6.45) is 8.70. The van der Waals surface area contributed by atoms with Gasteiger partial charge in [0.25, 0.3) is 0 Å². The summed E-state index contributed by atoms with van der Waals surface area (Å²) in [4.78, 5) is 17.2. The van der Waals surface area contributed by atoms with Crippen LogP contribution in [0.1, 0.15) is 50.7 Å². The van der Waals surface area contributed by atoms with Crippen molar-refractivity contribution >= 4 is 11.5 Å². The lowest BCUT2D eigenvalue weighted by Crippen LogP contribution is -2.32. The van der Waals surface area contributed by atoms with Crippen LogP contribution in [0.15, 0.2) is 30.3 Å². The molecule has 2 atom stereocenters. The van der Waals surface area contributed by atoms with E-state index in [9.17, 15) is 4.79 Å². The Labute approximate surface area is 164 Å². The molecule has 0 radical (unpaired) electrons. The van der Waals surface area contributed by atoms with Crippen LogP contribution in [-0.2, 0) is 11.2 Å². The zero-order valence-corrected chi connectivity index (χ0v) is 17.0. The highest BCUT2D eigenvalue weighted by Gasteiger charge is 2.39. The van der Waals surface area contributed by atoms with Gasteiger partial charge in [-0.3, -0.25) is 4.79 Å². The van der Waals surface area contributed by atoms with E-state index in [1.165, 1.54) is 55.6 Å². The van der Waals surface area contributed by atoms with E-state index in [4.69, 9.17) is 0 Å². The molecule has 0 N–H and O–H groups in total. The van der Waals surface area contributed by atoms with Gasteiger partial charge in [0.2, 0.25) is 5.91 Å². The third-order valence-electron chi connectivity index (χ3n) is 6.75. The molecule has 0 saturated carbocycles. The largest absolute Gasteiger partial charge is 0.342 e. The normalized spacial score (nSPS) is 25.7. The third kappa shape index (κ3) is 4.13. The van der Waals surface area contributed by atoms with Crippen LogP contribution in [-0.4, -0.2) is 48.4 Å². The smallest absolute Gasteiger partial charge is 0.225 e. The van der Waals surface area contributed by atoms with Crippen molar-refractivity contribution < 1.29 is 4.79 Å². The summed E-state index contributed by atoms with van der Waals surface area (Å²) < 4.78 is 0. The second-order valence-electron chi connectivity index (χ2n) is 9.00. The highest BCUT2D eigenvalue weighted by Crippen LogP contribution is 2.41. The van der Waals surface area contributed by atoms with Crippen LogP contribution in [0.2, 0.25) is 0 Å². The Balaban J connectivity index is 1.41. The number of nitrogens with zero attached hydrogens (tertiary/aromatic N) is 2. The summed E-state index contributed by atoms with van der Waals surface area (Å²) in [6.45, 7) is 9.64. The molecule has 0 bridgehead atoms. The van der Waals surface area contributed by atoms with Gasteiger partial charge in [-0.1, -0.05) is 44.2 Å².